The van der Waals surface area contributed by atoms with Gasteiger partial charge >= 0.3 is 0 Å². The van der Waals surface area contributed by atoms with Crippen LogP contribution >= 0.6 is 11.3 Å². The number of benzene rings is 1. The molecule has 1 aromatic carbocycles. The van der Waals surface area contributed by atoms with E-state index in [0.717, 1.165) is 26.8 Å². The fourth-order valence-corrected chi connectivity index (χ4v) is 5.26. The normalized spacial score (nSPS) is 18.5. The number of amides is 3. The van der Waals surface area contributed by atoms with Crippen molar-refractivity contribution in [3.63, 3.8) is 0 Å². The molecule has 0 saturated carbocycles. The molecule has 0 radical (unpaired) electrons. The number of likely N-dealkylation sites (tertiary alicyclic amines) is 1. The molecule has 0 unspecified atom stereocenters. The van der Waals surface area contributed by atoms with Crippen LogP contribution in [0.15, 0.2) is 29.8 Å². The maximum absolute atomic E-state index is 13.7. The van der Waals surface area contributed by atoms with Crippen molar-refractivity contribution in [2.24, 2.45) is 11.1 Å². The molecule has 2 heterocycles. The molecule has 3 amide bonds. The number of carbonyl (C=O) groups is 3. The topological polar surface area (TPSA) is 138 Å². The second-order valence-corrected chi connectivity index (χ2v) is 11.2. The number of rotatable bonds is 9. The Morgan fingerprint density at radius 2 is 1.97 bits per heavy atom. The van der Waals surface area contributed by atoms with Crippen molar-refractivity contribution in [1.29, 1.82) is 0 Å². The maximum Gasteiger partial charge on any atom is 0.249 e. The highest BCUT2D eigenvalue weighted by Gasteiger charge is 2.47. The van der Waals surface area contributed by atoms with E-state index in [9.17, 15) is 19.5 Å². The van der Waals surface area contributed by atoms with Crippen molar-refractivity contribution < 1.29 is 24.3 Å². The molecule has 1 aliphatic heterocycles. The van der Waals surface area contributed by atoms with Gasteiger partial charge in [-0.15, -0.1) is 11.3 Å². The van der Waals surface area contributed by atoms with E-state index in [-0.39, 0.29) is 38.6 Å². The zero-order chi connectivity index (χ0) is 27.3. The maximum atomic E-state index is 13.7. The van der Waals surface area contributed by atoms with Crippen LogP contribution in [0.3, 0.4) is 0 Å². The number of hydrogen-bond acceptors (Lipinski definition) is 8. The second kappa shape index (κ2) is 12.1. The van der Waals surface area contributed by atoms with Gasteiger partial charge in [-0.2, -0.15) is 0 Å². The molecule has 1 fully saturated rings. The summed E-state index contributed by atoms with van der Waals surface area (Å²) in [4.78, 5) is 51.6. The van der Waals surface area contributed by atoms with Crippen LogP contribution in [-0.4, -0.2) is 75.7 Å². The summed E-state index contributed by atoms with van der Waals surface area (Å²) >= 11 is 1.58. The zero-order valence-corrected chi connectivity index (χ0v) is 22.9. The number of aliphatic hydroxyl groups excluding tert-OH is 1. The van der Waals surface area contributed by atoms with Gasteiger partial charge in [-0.05, 0) is 23.5 Å². The summed E-state index contributed by atoms with van der Waals surface area (Å²) in [6.45, 7) is 9.23. The van der Waals surface area contributed by atoms with E-state index in [1.54, 1.807) is 11.3 Å². The Bertz CT molecular complexity index is 1100. The Hall–Kier alpha value is -2.86. The van der Waals surface area contributed by atoms with Gasteiger partial charge in [0.15, 0.2) is 0 Å². The van der Waals surface area contributed by atoms with Gasteiger partial charge in [0.25, 0.3) is 0 Å². The first-order chi connectivity index (χ1) is 17.4. The third-order valence-electron chi connectivity index (χ3n) is 6.24. The molecule has 11 heteroatoms. The van der Waals surface area contributed by atoms with Crippen molar-refractivity contribution in [1.82, 2.24) is 20.3 Å². The largest absolute Gasteiger partial charge is 0.391 e. The number of nitrogens with one attached hydrogen (secondary N) is 1. The smallest absolute Gasteiger partial charge is 0.249 e. The highest BCUT2D eigenvalue weighted by atomic mass is 32.1. The van der Waals surface area contributed by atoms with Crippen LogP contribution in [0.25, 0.3) is 10.4 Å². The third kappa shape index (κ3) is 6.92. The van der Waals surface area contributed by atoms with E-state index < -0.39 is 35.4 Å². The average molecular weight is 532 g/mol. The molecule has 10 nitrogen and oxygen atoms in total. The van der Waals surface area contributed by atoms with Gasteiger partial charge in [0, 0.05) is 33.0 Å². The Morgan fingerprint density at radius 3 is 2.51 bits per heavy atom. The molecule has 0 aliphatic carbocycles. The van der Waals surface area contributed by atoms with Crippen molar-refractivity contribution in [3.8, 4) is 10.4 Å². The lowest BCUT2D eigenvalue weighted by molar-refractivity contribution is -0.212. The SMILES string of the molecule is CC(=O)N(OCCN)[C@H](C(=O)N1C[C@H](O)C[C@H]1C(=O)NCc1ccc(-c2scnc2C)cc1)C(C)(C)C. The lowest BCUT2D eigenvalue weighted by atomic mass is 9.85. The van der Waals surface area contributed by atoms with Gasteiger partial charge in [-0.1, -0.05) is 45.0 Å². The molecular formula is C26H37N5O5S. The van der Waals surface area contributed by atoms with Crippen molar-refractivity contribution in [2.45, 2.75) is 65.8 Å². The molecule has 2 aromatic rings. The van der Waals surface area contributed by atoms with Gasteiger partial charge in [-0.25, -0.2) is 10.0 Å². The van der Waals surface area contributed by atoms with Crippen LogP contribution in [0.1, 0.15) is 45.4 Å². The summed E-state index contributed by atoms with van der Waals surface area (Å²) in [6.07, 6.45) is -0.736. The lowest BCUT2D eigenvalue weighted by Crippen LogP contribution is -2.59. The molecule has 1 saturated heterocycles. The van der Waals surface area contributed by atoms with Crippen LogP contribution in [0.2, 0.25) is 0 Å². The Kier molecular flexibility index (Phi) is 9.41. The first kappa shape index (κ1) is 28.7. The summed E-state index contributed by atoms with van der Waals surface area (Å²) in [5.74, 6) is -1.27. The number of hydroxylamine groups is 2. The van der Waals surface area contributed by atoms with Crippen LogP contribution in [0.5, 0.6) is 0 Å². The monoisotopic (exact) mass is 531 g/mol. The van der Waals surface area contributed by atoms with Crippen LogP contribution in [0, 0.1) is 12.3 Å². The molecule has 0 spiro atoms. The summed E-state index contributed by atoms with van der Waals surface area (Å²) in [5, 5.41) is 14.3. The first-order valence-corrected chi connectivity index (χ1v) is 13.2. The van der Waals surface area contributed by atoms with Gasteiger partial charge < -0.3 is 21.1 Å². The minimum Gasteiger partial charge on any atom is -0.391 e. The average Bonchev–Trinajstić information content (AvgIpc) is 3.44. The van der Waals surface area contributed by atoms with Crippen LogP contribution in [0.4, 0.5) is 0 Å². The van der Waals surface area contributed by atoms with E-state index in [1.807, 2.05) is 57.5 Å². The number of nitrogens with two attached hydrogens (primary N) is 1. The number of aryl methyl sites for hydroxylation is 1. The number of aliphatic hydroxyl groups is 1. The molecule has 0 bridgehead atoms. The summed E-state index contributed by atoms with van der Waals surface area (Å²) in [5.41, 5.74) is 9.58. The predicted molar refractivity (Wildman–Crippen MR) is 141 cm³/mol. The molecule has 37 heavy (non-hydrogen) atoms. The second-order valence-electron chi connectivity index (χ2n) is 10.3. The van der Waals surface area contributed by atoms with Crippen LogP contribution < -0.4 is 11.1 Å². The minimum absolute atomic E-state index is 0.00493. The van der Waals surface area contributed by atoms with Gasteiger partial charge in [0.05, 0.1) is 28.8 Å². The first-order valence-electron chi connectivity index (χ1n) is 12.3. The van der Waals surface area contributed by atoms with E-state index >= 15 is 0 Å². The minimum atomic E-state index is -1.00. The predicted octanol–water partition coefficient (Wildman–Crippen LogP) is 1.85. The molecule has 3 rings (SSSR count). The zero-order valence-electron chi connectivity index (χ0n) is 22.1. The number of aromatic nitrogens is 1. The van der Waals surface area contributed by atoms with Crippen molar-refractivity contribution in [3.05, 3.63) is 41.0 Å². The molecule has 1 aliphatic rings. The molecule has 4 N–H and O–H groups in total. The molecule has 1 aromatic heterocycles. The van der Waals surface area contributed by atoms with E-state index in [4.69, 9.17) is 10.6 Å². The number of carbonyl (C=O) groups excluding carboxylic acids is 3. The van der Waals surface area contributed by atoms with Gasteiger partial charge in [-0.3, -0.25) is 19.2 Å². The number of thiazole rings is 1. The van der Waals surface area contributed by atoms with Crippen molar-refractivity contribution >= 4 is 29.1 Å². The van der Waals surface area contributed by atoms with Crippen LogP contribution in [-0.2, 0) is 25.8 Å². The Balaban J connectivity index is 1.73. The summed E-state index contributed by atoms with van der Waals surface area (Å²) in [6, 6.07) is 5.99. The highest BCUT2D eigenvalue weighted by molar-refractivity contribution is 7.13. The fraction of sp³-hybridized carbons (Fsp3) is 0.538. The van der Waals surface area contributed by atoms with E-state index in [2.05, 4.69) is 10.3 Å². The number of nitrogens with zero attached hydrogens (tertiary/aromatic N) is 3. The molecular weight excluding hydrogens is 494 g/mol. The quantitative estimate of drug-likeness (QED) is 0.420. The van der Waals surface area contributed by atoms with Gasteiger partial charge in [0.2, 0.25) is 17.7 Å². The summed E-state index contributed by atoms with van der Waals surface area (Å²) < 4.78 is 0. The molecule has 3 atom stereocenters. The van der Waals surface area contributed by atoms with E-state index in [1.165, 1.54) is 11.8 Å². The highest BCUT2D eigenvalue weighted by Crippen LogP contribution is 2.30. The number of hydrogen-bond donors (Lipinski definition) is 3. The molecule has 202 valence electrons. The Morgan fingerprint density at radius 1 is 1.30 bits per heavy atom. The standard InChI is InChI=1S/C26H37N5O5S/c1-16-22(37-15-29-16)19-8-6-18(7-9-19)13-28-24(34)21-12-20(33)14-30(21)25(35)23(26(3,4)5)31(17(2)32)36-11-10-27/h6-9,15,20-21,23,33H,10-14,27H2,1-5H3,(H,28,34)/t20-,21+,23-/m1/s1. The van der Waals surface area contributed by atoms with Crippen molar-refractivity contribution in [2.75, 3.05) is 19.7 Å². The van der Waals surface area contributed by atoms with E-state index in [0.29, 0.717) is 0 Å². The lowest BCUT2D eigenvalue weighted by Gasteiger charge is -2.40. The third-order valence-corrected chi connectivity index (χ3v) is 7.22. The summed E-state index contributed by atoms with van der Waals surface area (Å²) in [7, 11) is 0. The fourth-order valence-electron chi connectivity index (χ4n) is 4.44. The number of β-amino-alcohol motifs (C(OH)–C–C–N with tert-alkyl or cyclic N) is 1. The van der Waals surface area contributed by atoms with Gasteiger partial charge in [0.1, 0.15) is 12.1 Å². The Labute approximate surface area is 221 Å².